The molecule has 4 N–H and O–H groups in total. The van der Waals surface area contributed by atoms with Crippen molar-refractivity contribution in [1.82, 2.24) is 10.2 Å². The van der Waals surface area contributed by atoms with Crippen molar-refractivity contribution in [2.24, 2.45) is 0 Å². The zero-order valence-electron chi connectivity index (χ0n) is 9.00. The third-order valence-corrected chi connectivity index (χ3v) is 3.45. The van der Waals surface area contributed by atoms with Gasteiger partial charge in [0.15, 0.2) is 0 Å². The topological polar surface area (TPSA) is 74.9 Å². The fraction of sp³-hybridized carbons (Fsp3) is 0.182. The lowest BCUT2D eigenvalue weighted by atomic mass is 9.99. The number of nitrogen functional groups attached to an aromatic ring is 1. The van der Waals surface area contributed by atoms with Crippen molar-refractivity contribution < 1.29 is 5.11 Å². The highest BCUT2D eigenvalue weighted by Gasteiger charge is 2.16. The quantitative estimate of drug-likeness (QED) is 0.752. The van der Waals surface area contributed by atoms with E-state index in [4.69, 9.17) is 5.73 Å². The van der Waals surface area contributed by atoms with E-state index in [2.05, 4.69) is 26.1 Å². The summed E-state index contributed by atoms with van der Waals surface area (Å²) in [7, 11) is 0. The Kier molecular flexibility index (Phi) is 2.63. The maximum absolute atomic E-state index is 10.1. The Bertz CT molecular complexity index is 548. The minimum absolute atomic E-state index is 0.236. The second kappa shape index (κ2) is 3.83. The first kappa shape index (κ1) is 11.0. The van der Waals surface area contributed by atoms with Crippen LogP contribution in [-0.4, -0.2) is 15.3 Å². The molecule has 0 saturated heterocycles. The zero-order chi connectivity index (χ0) is 11.9. The summed E-state index contributed by atoms with van der Waals surface area (Å²) in [6.45, 7) is 3.77. The average molecular weight is 282 g/mol. The maximum atomic E-state index is 10.1. The van der Waals surface area contributed by atoms with Crippen molar-refractivity contribution in [3.63, 3.8) is 0 Å². The number of halogens is 1. The molecule has 0 aliphatic rings. The van der Waals surface area contributed by atoms with E-state index in [1.165, 1.54) is 0 Å². The van der Waals surface area contributed by atoms with Gasteiger partial charge in [0.2, 0.25) is 0 Å². The van der Waals surface area contributed by atoms with Gasteiger partial charge < -0.3 is 10.8 Å². The smallest absolute Gasteiger partial charge is 0.127 e. The van der Waals surface area contributed by atoms with Crippen LogP contribution in [0.1, 0.15) is 11.1 Å². The van der Waals surface area contributed by atoms with Gasteiger partial charge in [-0.25, -0.2) is 0 Å². The second-order valence-electron chi connectivity index (χ2n) is 3.72. The number of aryl methyl sites for hydroxylation is 1. The number of nitrogens with two attached hydrogens (primary N) is 1. The molecule has 4 nitrogen and oxygen atoms in total. The Labute approximate surface area is 102 Å². The zero-order valence-corrected chi connectivity index (χ0v) is 10.6. The number of hydrogen-bond acceptors (Lipinski definition) is 3. The number of anilines is 1. The molecule has 5 heteroatoms. The summed E-state index contributed by atoms with van der Waals surface area (Å²) in [5.74, 6) is 0.695. The fourth-order valence-electron chi connectivity index (χ4n) is 1.69. The standard InChI is InChI=1S/C11H12BrN3O/c1-5-3-8(12)6(2)10(16)9(5)7-4-14-15-11(7)13/h3-4,16H,1-2H3,(H3,13,14,15). The van der Waals surface area contributed by atoms with Gasteiger partial charge in [-0.3, -0.25) is 5.10 Å². The molecule has 84 valence electrons. The van der Waals surface area contributed by atoms with Crippen LogP contribution in [0.2, 0.25) is 0 Å². The highest BCUT2D eigenvalue weighted by atomic mass is 79.9. The molecule has 1 aromatic carbocycles. The second-order valence-corrected chi connectivity index (χ2v) is 4.58. The van der Waals surface area contributed by atoms with E-state index in [1.807, 2.05) is 19.9 Å². The monoisotopic (exact) mass is 281 g/mol. The maximum Gasteiger partial charge on any atom is 0.127 e. The van der Waals surface area contributed by atoms with Gasteiger partial charge in [0, 0.05) is 21.2 Å². The van der Waals surface area contributed by atoms with Crippen LogP contribution in [0, 0.1) is 13.8 Å². The average Bonchev–Trinajstić information content (AvgIpc) is 2.62. The van der Waals surface area contributed by atoms with E-state index < -0.39 is 0 Å². The molecule has 0 spiro atoms. The van der Waals surface area contributed by atoms with E-state index >= 15 is 0 Å². The molecule has 1 aromatic heterocycles. The van der Waals surface area contributed by atoms with E-state index in [0.717, 1.165) is 26.7 Å². The van der Waals surface area contributed by atoms with E-state index in [1.54, 1.807) is 6.20 Å². The number of aromatic amines is 1. The molecule has 0 saturated carbocycles. The lowest BCUT2D eigenvalue weighted by Gasteiger charge is -2.11. The predicted octanol–water partition coefficient (Wildman–Crippen LogP) is 2.74. The first-order valence-electron chi connectivity index (χ1n) is 4.80. The third-order valence-electron chi connectivity index (χ3n) is 2.63. The molecule has 0 atom stereocenters. The number of rotatable bonds is 1. The van der Waals surface area contributed by atoms with Crippen LogP contribution < -0.4 is 5.73 Å². The van der Waals surface area contributed by atoms with Crippen LogP contribution in [0.3, 0.4) is 0 Å². The number of nitrogens with zero attached hydrogens (tertiary/aromatic N) is 1. The summed E-state index contributed by atoms with van der Waals surface area (Å²) in [5.41, 5.74) is 8.95. The minimum atomic E-state index is 0.236. The summed E-state index contributed by atoms with van der Waals surface area (Å²) in [6.07, 6.45) is 1.62. The molecule has 1 heterocycles. The van der Waals surface area contributed by atoms with Crippen molar-refractivity contribution in [3.05, 3.63) is 27.9 Å². The lowest BCUT2D eigenvalue weighted by Crippen LogP contribution is -1.92. The van der Waals surface area contributed by atoms with Crippen molar-refractivity contribution in [3.8, 4) is 16.9 Å². The number of nitrogens with one attached hydrogen (secondary N) is 1. The Morgan fingerprint density at radius 1 is 1.44 bits per heavy atom. The summed E-state index contributed by atoms with van der Waals surface area (Å²) >= 11 is 3.40. The van der Waals surface area contributed by atoms with Crippen LogP contribution in [0.4, 0.5) is 5.82 Å². The SMILES string of the molecule is Cc1cc(Br)c(C)c(O)c1-c1cn[nH]c1N. The number of hydrogen-bond donors (Lipinski definition) is 3. The Balaban J connectivity index is 2.76. The van der Waals surface area contributed by atoms with Gasteiger partial charge in [0.25, 0.3) is 0 Å². The van der Waals surface area contributed by atoms with Gasteiger partial charge in [-0.2, -0.15) is 5.10 Å². The molecular formula is C11H12BrN3O. The molecule has 16 heavy (non-hydrogen) atoms. The molecule has 0 bridgehead atoms. The molecule has 2 rings (SSSR count). The molecule has 0 radical (unpaired) electrons. The third kappa shape index (κ3) is 1.57. The van der Waals surface area contributed by atoms with Crippen LogP contribution in [0.25, 0.3) is 11.1 Å². The van der Waals surface area contributed by atoms with Gasteiger partial charge in [0.1, 0.15) is 11.6 Å². The Morgan fingerprint density at radius 2 is 2.12 bits per heavy atom. The number of benzene rings is 1. The van der Waals surface area contributed by atoms with Crippen molar-refractivity contribution in [2.75, 3.05) is 5.73 Å². The number of aromatic hydroxyl groups is 1. The highest BCUT2D eigenvalue weighted by molar-refractivity contribution is 9.10. The van der Waals surface area contributed by atoms with Gasteiger partial charge in [-0.15, -0.1) is 0 Å². The summed E-state index contributed by atoms with van der Waals surface area (Å²) < 4.78 is 0.883. The molecule has 2 aromatic rings. The minimum Gasteiger partial charge on any atom is -0.507 e. The summed E-state index contributed by atoms with van der Waals surface area (Å²) in [6, 6.07) is 1.96. The highest BCUT2D eigenvalue weighted by Crippen LogP contribution is 2.40. The van der Waals surface area contributed by atoms with E-state index in [0.29, 0.717) is 5.82 Å². The van der Waals surface area contributed by atoms with Gasteiger partial charge in [-0.05, 0) is 25.5 Å². The number of aromatic nitrogens is 2. The van der Waals surface area contributed by atoms with Gasteiger partial charge >= 0.3 is 0 Å². The molecule has 0 fully saturated rings. The van der Waals surface area contributed by atoms with Crippen molar-refractivity contribution in [1.29, 1.82) is 0 Å². The van der Waals surface area contributed by atoms with Crippen LogP contribution in [-0.2, 0) is 0 Å². The normalized spacial score (nSPS) is 10.7. The molecular weight excluding hydrogens is 270 g/mol. The van der Waals surface area contributed by atoms with Crippen molar-refractivity contribution >= 4 is 21.7 Å². The largest absolute Gasteiger partial charge is 0.507 e. The Morgan fingerprint density at radius 3 is 2.69 bits per heavy atom. The van der Waals surface area contributed by atoms with Crippen LogP contribution in [0.15, 0.2) is 16.7 Å². The number of phenolic OH excluding ortho intramolecular Hbond substituents is 1. The molecule has 0 aliphatic carbocycles. The van der Waals surface area contributed by atoms with E-state index in [-0.39, 0.29) is 5.75 Å². The summed E-state index contributed by atoms with van der Waals surface area (Å²) in [5, 5.41) is 16.6. The fourth-order valence-corrected chi connectivity index (χ4v) is 2.22. The first-order valence-corrected chi connectivity index (χ1v) is 5.59. The van der Waals surface area contributed by atoms with Crippen LogP contribution >= 0.6 is 15.9 Å². The summed E-state index contributed by atoms with van der Waals surface area (Å²) in [4.78, 5) is 0. The van der Waals surface area contributed by atoms with E-state index in [9.17, 15) is 5.11 Å². The lowest BCUT2D eigenvalue weighted by molar-refractivity contribution is 0.472. The number of H-pyrrole nitrogens is 1. The Hall–Kier alpha value is -1.49. The van der Waals surface area contributed by atoms with Crippen molar-refractivity contribution in [2.45, 2.75) is 13.8 Å². The molecule has 0 amide bonds. The molecule has 0 aliphatic heterocycles. The first-order chi connectivity index (χ1) is 7.52. The van der Waals surface area contributed by atoms with Crippen LogP contribution in [0.5, 0.6) is 5.75 Å². The molecule has 0 unspecified atom stereocenters. The van der Waals surface area contributed by atoms with Gasteiger partial charge in [-0.1, -0.05) is 15.9 Å². The van der Waals surface area contributed by atoms with Gasteiger partial charge in [0.05, 0.1) is 6.20 Å². The number of phenols is 1. The predicted molar refractivity (Wildman–Crippen MR) is 67.3 cm³/mol.